The fraction of sp³-hybridized carbons (Fsp3) is 0.471. The average Bonchev–Trinajstić information content (AvgIpc) is 2.94. The van der Waals surface area contributed by atoms with Crippen LogP contribution < -0.4 is 5.32 Å². The molecular formula is C17H25N3O. The Kier molecular flexibility index (Phi) is 5.53. The van der Waals surface area contributed by atoms with Crippen molar-refractivity contribution in [2.45, 2.75) is 45.7 Å². The van der Waals surface area contributed by atoms with Crippen molar-refractivity contribution in [3.63, 3.8) is 0 Å². The van der Waals surface area contributed by atoms with Gasteiger partial charge in [-0.05, 0) is 24.5 Å². The summed E-state index contributed by atoms with van der Waals surface area (Å²) in [6.45, 7) is 7.29. The van der Waals surface area contributed by atoms with Gasteiger partial charge in [0.15, 0.2) is 0 Å². The summed E-state index contributed by atoms with van der Waals surface area (Å²) in [6, 6.07) is 10.3. The van der Waals surface area contributed by atoms with Gasteiger partial charge in [0.05, 0.1) is 18.0 Å². The number of para-hydroxylation sites is 1. The van der Waals surface area contributed by atoms with Gasteiger partial charge in [-0.15, -0.1) is 0 Å². The zero-order valence-electron chi connectivity index (χ0n) is 13.1. The number of nitrogens with one attached hydrogen (secondary N) is 1. The van der Waals surface area contributed by atoms with Crippen molar-refractivity contribution in [1.29, 1.82) is 0 Å². The fourth-order valence-electron chi connectivity index (χ4n) is 2.35. The Morgan fingerprint density at radius 1 is 1.24 bits per heavy atom. The summed E-state index contributed by atoms with van der Waals surface area (Å²) < 4.78 is 1.94. The van der Waals surface area contributed by atoms with E-state index in [2.05, 4.69) is 44.4 Å². The molecule has 0 saturated heterocycles. The number of hydrogen-bond donors (Lipinski definition) is 2. The third-order valence-electron chi connectivity index (χ3n) is 3.68. The molecule has 0 aliphatic rings. The van der Waals surface area contributed by atoms with Crippen molar-refractivity contribution >= 4 is 0 Å². The predicted molar refractivity (Wildman–Crippen MR) is 85.7 cm³/mol. The Hall–Kier alpha value is -1.65. The first kappa shape index (κ1) is 15.7. The molecule has 0 radical (unpaired) electrons. The second-order valence-electron chi connectivity index (χ2n) is 5.64. The van der Waals surface area contributed by atoms with Crippen LogP contribution in [-0.4, -0.2) is 27.5 Å². The van der Waals surface area contributed by atoms with E-state index in [0.29, 0.717) is 5.92 Å². The quantitative estimate of drug-likeness (QED) is 0.823. The Bertz CT molecular complexity index is 544. The van der Waals surface area contributed by atoms with Crippen molar-refractivity contribution < 1.29 is 5.11 Å². The molecule has 0 aliphatic carbocycles. The molecule has 0 bridgehead atoms. The molecule has 0 saturated carbocycles. The zero-order chi connectivity index (χ0) is 15.2. The van der Waals surface area contributed by atoms with Crippen molar-refractivity contribution in [2.24, 2.45) is 0 Å². The molecule has 0 spiro atoms. The van der Waals surface area contributed by atoms with Crippen molar-refractivity contribution in [1.82, 2.24) is 15.1 Å². The van der Waals surface area contributed by atoms with Gasteiger partial charge in [0.25, 0.3) is 0 Å². The highest BCUT2D eigenvalue weighted by Crippen LogP contribution is 2.20. The SMILES string of the molecule is CCC(CO)NCc1cn(-c2ccccc2)nc1C(C)C. The van der Waals surface area contributed by atoms with Crippen LogP contribution in [0.4, 0.5) is 0 Å². The molecular weight excluding hydrogens is 262 g/mol. The fourth-order valence-corrected chi connectivity index (χ4v) is 2.35. The van der Waals surface area contributed by atoms with Gasteiger partial charge in [-0.1, -0.05) is 39.0 Å². The van der Waals surface area contributed by atoms with Crippen LogP contribution in [-0.2, 0) is 6.54 Å². The molecule has 1 heterocycles. The van der Waals surface area contributed by atoms with E-state index in [4.69, 9.17) is 5.10 Å². The van der Waals surface area contributed by atoms with E-state index in [1.807, 2.05) is 22.9 Å². The lowest BCUT2D eigenvalue weighted by atomic mass is 10.1. The molecule has 114 valence electrons. The van der Waals surface area contributed by atoms with Gasteiger partial charge in [-0.3, -0.25) is 0 Å². The summed E-state index contributed by atoms with van der Waals surface area (Å²) in [5, 5.41) is 17.4. The van der Waals surface area contributed by atoms with Gasteiger partial charge < -0.3 is 10.4 Å². The molecule has 1 aromatic carbocycles. The maximum Gasteiger partial charge on any atom is 0.0699 e. The standard InChI is InChI=1S/C17H25N3O/c1-4-15(12-21)18-10-14-11-20(19-17(14)13(2)3)16-8-6-5-7-9-16/h5-9,11,13,15,18,21H,4,10,12H2,1-3H3. The minimum Gasteiger partial charge on any atom is -0.395 e. The normalized spacial score (nSPS) is 12.8. The van der Waals surface area contributed by atoms with Crippen LogP contribution in [0.25, 0.3) is 5.69 Å². The number of nitrogens with zero attached hydrogens (tertiary/aromatic N) is 2. The zero-order valence-corrected chi connectivity index (χ0v) is 13.1. The van der Waals surface area contributed by atoms with E-state index in [9.17, 15) is 5.11 Å². The lowest BCUT2D eigenvalue weighted by Crippen LogP contribution is -2.31. The summed E-state index contributed by atoms with van der Waals surface area (Å²) in [6.07, 6.45) is 3.00. The summed E-state index contributed by atoms with van der Waals surface area (Å²) in [7, 11) is 0. The second kappa shape index (κ2) is 7.38. The summed E-state index contributed by atoms with van der Waals surface area (Å²) in [5.41, 5.74) is 3.37. The summed E-state index contributed by atoms with van der Waals surface area (Å²) in [4.78, 5) is 0. The Balaban J connectivity index is 2.22. The number of benzene rings is 1. The van der Waals surface area contributed by atoms with Crippen molar-refractivity contribution in [3.8, 4) is 5.69 Å². The average molecular weight is 287 g/mol. The molecule has 4 heteroatoms. The van der Waals surface area contributed by atoms with E-state index < -0.39 is 0 Å². The van der Waals surface area contributed by atoms with Crippen LogP contribution in [0.1, 0.15) is 44.4 Å². The number of aliphatic hydroxyl groups is 1. The molecule has 0 fully saturated rings. The molecule has 2 aromatic rings. The highest BCUT2D eigenvalue weighted by Gasteiger charge is 2.14. The van der Waals surface area contributed by atoms with E-state index in [1.165, 1.54) is 5.56 Å². The van der Waals surface area contributed by atoms with Crippen LogP contribution in [0, 0.1) is 0 Å². The van der Waals surface area contributed by atoms with E-state index >= 15 is 0 Å². The molecule has 21 heavy (non-hydrogen) atoms. The number of aromatic nitrogens is 2. The molecule has 4 nitrogen and oxygen atoms in total. The van der Waals surface area contributed by atoms with Gasteiger partial charge in [0.1, 0.15) is 0 Å². The number of aliphatic hydroxyl groups excluding tert-OH is 1. The minimum atomic E-state index is 0.144. The molecule has 0 aliphatic heterocycles. The first-order valence-corrected chi connectivity index (χ1v) is 7.63. The summed E-state index contributed by atoms with van der Waals surface area (Å²) in [5.74, 6) is 0.376. The van der Waals surface area contributed by atoms with Gasteiger partial charge in [0, 0.05) is 24.3 Å². The molecule has 0 amide bonds. The maximum absolute atomic E-state index is 9.28. The highest BCUT2D eigenvalue weighted by atomic mass is 16.3. The van der Waals surface area contributed by atoms with Gasteiger partial charge in [-0.2, -0.15) is 5.10 Å². The smallest absolute Gasteiger partial charge is 0.0699 e. The monoisotopic (exact) mass is 287 g/mol. The number of rotatable bonds is 7. The maximum atomic E-state index is 9.28. The van der Waals surface area contributed by atoms with Crippen LogP contribution in [0.3, 0.4) is 0 Å². The second-order valence-corrected chi connectivity index (χ2v) is 5.64. The highest BCUT2D eigenvalue weighted by molar-refractivity contribution is 5.33. The van der Waals surface area contributed by atoms with Crippen LogP contribution in [0.15, 0.2) is 36.5 Å². The van der Waals surface area contributed by atoms with Crippen molar-refractivity contribution in [3.05, 3.63) is 47.8 Å². The molecule has 2 N–H and O–H groups in total. The Morgan fingerprint density at radius 3 is 2.52 bits per heavy atom. The van der Waals surface area contributed by atoms with E-state index in [-0.39, 0.29) is 12.6 Å². The lowest BCUT2D eigenvalue weighted by molar-refractivity contribution is 0.238. The third-order valence-corrected chi connectivity index (χ3v) is 3.68. The van der Waals surface area contributed by atoms with Gasteiger partial charge in [0.2, 0.25) is 0 Å². The van der Waals surface area contributed by atoms with Gasteiger partial charge >= 0.3 is 0 Å². The largest absolute Gasteiger partial charge is 0.395 e. The first-order valence-electron chi connectivity index (χ1n) is 7.63. The molecule has 1 aromatic heterocycles. The van der Waals surface area contributed by atoms with E-state index in [1.54, 1.807) is 0 Å². The Morgan fingerprint density at radius 2 is 1.95 bits per heavy atom. The van der Waals surface area contributed by atoms with Crippen LogP contribution in [0.2, 0.25) is 0 Å². The topological polar surface area (TPSA) is 50.1 Å². The summed E-state index contributed by atoms with van der Waals surface area (Å²) >= 11 is 0. The van der Waals surface area contributed by atoms with E-state index in [0.717, 1.165) is 24.3 Å². The first-order chi connectivity index (χ1) is 10.2. The minimum absolute atomic E-state index is 0.144. The molecule has 1 atom stereocenters. The predicted octanol–water partition coefficient (Wildman–Crippen LogP) is 2.86. The van der Waals surface area contributed by atoms with Crippen LogP contribution >= 0.6 is 0 Å². The molecule has 2 rings (SSSR count). The van der Waals surface area contributed by atoms with Crippen molar-refractivity contribution in [2.75, 3.05) is 6.61 Å². The number of hydrogen-bond acceptors (Lipinski definition) is 3. The van der Waals surface area contributed by atoms with Gasteiger partial charge in [-0.25, -0.2) is 4.68 Å². The lowest BCUT2D eigenvalue weighted by Gasteiger charge is -2.14. The molecule has 1 unspecified atom stereocenters. The van der Waals surface area contributed by atoms with Crippen LogP contribution in [0.5, 0.6) is 0 Å². The Labute approximate surface area is 126 Å². The third kappa shape index (κ3) is 3.93.